The lowest BCUT2D eigenvalue weighted by Crippen LogP contribution is -2.30. The number of amides is 1. The van der Waals surface area contributed by atoms with Gasteiger partial charge >= 0.3 is 11.6 Å². The molecule has 0 saturated heterocycles. The maximum absolute atomic E-state index is 12.6. The Morgan fingerprint density at radius 3 is 2.59 bits per heavy atom. The molecule has 1 aromatic heterocycles. The summed E-state index contributed by atoms with van der Waals surface area (Å²) in [5.74, 6) is -0.420. The summed E-state index contributed by atoms with van der Waals surface area (Å²) in [7, 11) is 1.54. The summed E-state index contributed by atoms with van der Waals surface area (Å²) in [5, 5.41) is 5.48. The summed E-state index contributed by atoms with van der Waals surface area (Å²) in [6, 6.07) is 18.5. The van der Waals surface area contributed by atoms with Crippen molar-refractivity contribution in [2.75, 3.05) is 12.4 Å². The summed E-state index contributed by atoms with van der Waals surface area (Å²) in [5.41, 5.74) is 1.71. The average Bonchev–Trinajstić information content (AvgIpc) is 2.83. The van der Waals surface area contributed by atoms with Crippen molar-refractivity contribution in [1.82, 2.24) is 0 Å². The molecule has 3 aromatic carbocycles. The van der Waals surface area contributed by atoms with Crippen molar-refractivity contribution in [3.05, 3.63) is 82.2 Å². The van der Waals surface area contributed by atoms with Crippen LogP contribution in [0.15, 0.2) is 69.9 Å². The number of aryl methyl sites for hydroxylation is 1. The maximum Gasteiger partial charge on any atom is 0.339 e. The molecule has 1 amide bonds. The Labute approximate surface area is 196 Å². The van der Waals surface area contributed by atoms with Crippen molar-refractivity contribution in [3.8, 4) is 5.75 Å². The van der Waals surface area contributed by atoms with E-state index in [-0.39, 0.29) is 12.8 Å². The van der Waals surface area contributed by atoms with Crippen LogP contribution in [-0.4, -0.2) is 25.1 Å². The Balaban J connectivity index is 1.40. The second kappa shape index (κ2) is 9.79. The van der Waals surface area contributed by atoms with Gasteiger partial charge in [-0.3, -0.25) is 9.59 Å². The number of carbonyl (C=O) groups is 2. The smallest absolute Gasteiger partial charge is 0.339 e. The van der Waals surface area contributed by atoms with Crippen LogP contribution >= 0.6 is 0 Å². The number of ether oxygens (including phenoxy) is 2. The van der Waals surface area contributed by atoms with Gasteiger partial charge < -0.3 is 19.2 Å². The second-order valence-electron chi connectivity index (χ2n) is 8.00. The van der Waals surface area contributed by atoms with Crippen LogP contribution in [0.3, 0.4) is 0 Å². The molecule has 1 atom stereocenters. The molecule has 0 bridgehead atoms. The molecule has 0 saturated carbocycles. The lowest BCUT2D eigenvalue weighted by Gasteiger charge is -2.15. The number of rotatable bonds is 7. The molecule has 4 aromatic rings. The van der Waals surface area contributed by atoms with E-state index in [0.29, 0.717) is 22.6 Å². The Morgan fingerprint density at radius 2 is 1.79 bits per heavy atom. The van der Waals surface area contributed by atoms with E-state index in [4.69, 9.17) is 13.9 Å². The molecule has 4 rings (SSSR count). The molecule has 0 aliphatic carbocycles. The first-order chi connectivity index (χ1) is 16.4. The van der Waals surface area contributed by atoms with Gasteiger partial charge in [-0.15, -0.1) is 0 Å². The van der Waals surface area contributed by atoms with Crippen molar-refractivity contribution in [1.29, 1.82) is 0 Å². The summed E-state index contributed by atoms with van der Waals surface area (Å²) >= 11 is 0. The van der Waals surface area contributed by atoms with Crippen LogP contribution in [0.4, 0.5) is 5.69 Å². The van der Waals surface area contributed by atoms with E-state index in [1.54, 1.807) is 18.2 Å². The lowest BCUT2D eigenvalue weighted by atomic mass is 10.0. The van der Waals surface area contributed by atoms with Gasteiger partial charge in [0.2, 0.25) is 0 Å². The molecular weight excluding hydrogens is 434 g/mol. The number of benzene rings is 3. The zero-order valence-corrected chi connectivity index (χ0v) is 19.2. The molecule has 1 unspecified atom stereocenters. The number of nitrogens with one attached hydrogen (secondary N) is 1. The van der Waals surface area contributed by atoms with E-state index in [1.165, 1.54) is 14.0 Å². The van der Waals surface area contributed by atoms with Crippen molar-refractivity contribution in [2.45, 2.75) is 32.8 Å². The first kappa shape index (κ1) is 23.0. The fourth-order valence-electron chi connectivity index (χ4n) is 3.90. The maximum atomic E-state index is 12.6. The largest absolute Gasteiger partial charge is 0.497 e. The van der Waals surface area contributed by atoms with Gasteiger partial charge in [-0.05, 0) is 49.4 Å². The molecular formula is C27H25NO6. The van der Waals surface area contributed by atoms with E-state index < -0.39 is 23.6 Å². The minimum atomic E-state index is -0.993. The molecule has 0 spiro atoms. The predicted octanol–water partition coefficient (Wildman–Crippen LogP) is 4.77. The summed E-state index contributed by atoms with van der Waals surface area (Å²) < 4.78 is 15.9. The zero-order chi connectivity index (χ0) is 24.2. The van der Waals surface area contributed by atoms with Gasteiger partial charge in [0.05, 0.1) is 7.11 Å². The van der Waals surface area contributed by atoms with E-state index in [0.717, 1.165) is 21.7 Å². The minimum absolute atomic E-state index is 0.0564. The topological polar surface area (TPSA) is 94.8 Å². The van der Waals surface area contributed by atoms with Crippen LogP contribution in [0.1, 0.15) is 24.5 Å². The molecule has 1 heterocycles. The lowest BCUT2D eigenvalue weighted by molar-refractivity contribution is -0.153. The highest BCUT2D eigenvalue weighted by Gasteiger charge is 2.20. The van der Waals surface area contributed by atoms with Gasteiger partial charge in [0.1, 0.15) is 11.3 Å². The number of esters is 1. The average molecular weight is 459 g/mol. The zero-order valence-electron chi connectivity index (χ0n) is 19.2. The Kier molecular flexibility index (Phi) is 6.63. The van der Waals surface area contributed by atoms with Gasteiger partial charge in [0.25, 0.3) is 5.91 Å². The molecule has 0 aliphatic rings. The third-order valence-corrected chi connectivity index (χ3v) is 5.80. The predicted molar refractivity (Wildman–Crippen MR) is 130 cm³/mol. The third kappa shape index (κ3) is 4.78. The minimum Gasteiger partial charge on any atom is -0.497 e. The number of carbonyl (C=O) groups excluding carboxylic acids is 2. The van der Waals surface area contributed by atoms with Gasteiger partial charge in [0.15, 0.2) is 6.10 Å². The van der Waals surface area contributed by atoms with E-state index in [1.807, 2.05) is 49.4 Å². The summed E-state index contributed by atoms with van der Waals surface area (Å²) in [4.78, 5) is 37.5. The van der Waals surface area contributed by atoms with E-state index in [2.05, 4.69) is 5.32 Å². The molecule has 7 nitrogen and oxygen atoms in total. The molecule has 34 heavy (non-hydrogen) atoms. The standard InChI is InChI=1S/C27H25NO6/c1-16-20-12-11-19(32-3)15-24(20)34-27(31)21(16)13-14-25(29)33-17(2)26(30)28-23-10-6-8-18-7-4-5-9-22(18)23/h4-12,15,17H,13-14H2,1-3H3,(H,28,30). The monoisotopic (exact) mass is 459 g/mol. The van der Waals surface area contributed by atoms with Crippen LogP contribution in [0.25, 0.3) is 21.7 Å². The van der Waals surface area contributed by atoms with Crippen LogP contribution in [0.2, 0.25) is 0 Å². The normalized spacial score (nSPS) is 11.9. The highest BCUT2D eigenvalue weighted by atomic mass is 16.5. The third-order valence-electron chi connectivity index (χ3n) is 5.80. The van der Waals surface area contributed by atoms with Crippen LogP contribution in [0.5, 0.6) is 5.75 Å². The van der Waals surface area contributed by atoms with Gasteiger partial charge in [-0.1, -0.05) is 36.4 Å². The van der Waals surface area contributed by atoms with Crippen molar-refractivity contribution in [2.24, 2.45) is 0 Å². The fraction of sp³-hybridized carbons (Fsp3) is 0.222. The highest BCUT2D eigenvalue weighted by Crippen LogP contribution is 2.25. The molecule has 0 aliphatic heterocycles. The number of hydrogen-bond acceptors (Lipinski definition) is 6. The van der Waals surface area contributed by atoms with E-state index >= 15 is 0 Å². The summed E-state index contributed by atoms with van der Waals surface area (Å²) in [6.45, 7) is 3.33. The van der Waals surface area contributed by atoms with Crippen molar-refractivity contribution < 1.29 is 23.5 Å². The number of hydrogen-bond donors (Lipinski definition) is 1. The number of methoxy groups -OCH3 is 1. The first-order valence-electron chi connectivity index (χ1n) is 11.0. The summed E-state index contributed by atoms with van der Waals surface area (Å²) in [6.07, 6.45) is -0.903. The second-order valence-corrected chi connectivity index (χ2v) is 8.00. The molecule has 0 fully saturated rings. The van der Waals surface area contributed by atoms with Gasteiger partial charge in [0, 0.05) is 34.5 Å². The Bertz CT molecular complexity index is 1430. The Hall–Kier alpha value is -4.13. The highest BCUT2D eigenvalue weighted by molar-refractivity contribution is 6.03. The molecule has 174 valence electrons. The van der Waals surface area contributed by atoms with Crippen molar-refractivity contribution >= 4 is 39.3 Å². The van der Waals surface area contributed by atoms with Crippen LogP contribution < -0.4 is 15.7 Å². The van der Waals surface area contributed by atoms with Crippen LogP contribution in [0, 0.1) is 6.92 Å². The number of anilines is 1. The SMILES string of the molecule is COc1ccc2c(C)c(CCC(=O)OC(C)C(=O)Nc3cccc4ccccc34)c(=O)oc2c1. The Morgan fingerprint density at radius 1 is 1.03 bits per heavy atom. The molecule has 0 radical (unpaired) electrons. The molecule has 7 heteroatoms. The number of fused-ring (bicyclic) bond motifs is 2. The molecule has 1 N–H and O–H groups in total. The van der Waals surface area contributed by atoms with Crippen molar-refractivity contribution in [3.63, 3.8) is 0 Å². The van der Waals surface area contributed by atoms with Gasteiger partial charge in [-0.25, -0.2) is 4.79 Å². The first-order valence-corrected chi connectivity index (χ1v) is 11.0. The fourth-order valence-corrected chi connectivity index (χ4v) is 3.90. The quantitative estimate of drug-likeness (QED) is 0.316. The van der Waals surface area contributed by atoms with Gasteiger partial charge in [-0.2, -0.15) is 0 Å². The van der Waals surface area contributed by atoms with Crippen LogP contribution in [-0.2, 0) is 20.7 Å². The van der Waals surface area contributed by atoms with E-state index in [9.17, 15) is 14.4 Å².